The van der Waals surface area contributed by atoms with Crippen molar-refractivity contribution in [2.75, 3.05) is 5.88 Å². The number of Topliss-reactive ketones (excluding diaryl/α,β-unsaturated/α-hetero) is 1. The molecule has 21 heavy (non-hydrogen) atoms. The lowest BCUT2D eigenvalue weighted by Crippen LogP contribution is -2.49. The maximum absolute atomic E-state index is 12.1. The van der Waals surface area contributed by atoms with Crippen molar-refractivity contribution in [3.63, 3.8) is 0 Å². The Morgan fingerprint density at radius 2 is 2.00 bits per heavy atom. The monoisotopic (exact) mass is 311 g/mol. The van der Waals surface area contributed by atoms with E-state index in [9.17, 15) is 14.7 Å². The zero-order chi connectivity index (χ0) is 15.5. The van der Waals surface area contributed by atoms with Crippen LogP contribution < -0.4 is 0 Å². The van der Waals surface area contributed by atoms with Gasteiger partial charge in [0.2, 0.25) is 0 Å². The van der Waals surface area contributed by atoms with Crippen LogP contribution in [0.3, 0.4) is 0 Å². The lowest BCUT2D eigenvalue weighted by Gasteiger charge is -2.42. The molecule has 0 aromatic heterocycles. The lowest BCUT2D eigenvalue weighted by atomic mass is 9.62. The van der Waals surface area contributed by atoms with Crippen molar-refractivity contribution in [2.24, 2.45) is 10.4 Å². The molecule has 0 radical (unpaired) electrons. The van der Waals surface area contributed by atoms with Gasteiger partial charge in [0.05, 0.1) is 11.0 Å². The van der Waals surface area contributed by atoms with Crippen LogP contribution in [0.4, 0.5) is 0 Å². The van der Waals surface area contributed by atoms with E-state index >= 15 is 0 Å². The van der Waals surface area contributed by atoms with Gasteiger partial charge in [0.15, 0.2) is 5.78 Å². The Balaban J connectivity index is 2.26. The lowest BCUT2D eigenvalue weighted by molar-refractivity contribution is -0.154. The summed E-state index contributed by atoms with van der Waals surface area (Å²) in [7, 11) is 0. The number of hydrogen-bond donors (Lipinski definition) is 1. The Kier molecular flexibility index (Phi) is 4.87. The van der Waals surface area contributed by atoms with Crippen molar-refractivity contribution in [3.05, 3.63) is 11.6 Å². The summed E-state index contributed by atoms with van der Waals surface area (Å²) >= 11 is 5.61. The molecule has 0 amide bonds. The zero-order valence-electron chi connectivity index (χ0n) is 12.4. The molecule has 1 fully saturated rings. The van der Waals surface area contributed by atoms with Gasteiger partial charge in [-0.2, -0.15) is 0 Å². The molecule has 4 nitrogen and oxygen atoms in total. The molecule has 1 aliphatic heterocycles. The molecule has 1 unspecified atom stereocenters. The summed E-state index contributed by atoms with van der Waals surface area (Å²) in [6.45, 7) is 1.84. The standard InChI is InChI=1S/C16H22ClNO3/c1-15(16(14(20)21)7-3-2-4-8-16)10-12(11-18-15)13(19)6-5-9-17/h10-11H,2-9H2,1H3,(H,20,21). The molecule has 2 aliphatic rings. The van der Waals surface area contributed by atoms with Gasteiger partial charge in [0.1, 0.15) is 0 Å². The van der Waals surface area contributed by atoms with Crippen LogP contribution in [0.25, 0.3) is 0 Å². The van der Waals surface area contributed by atoms with E-state index in [1.54, 1.807) is 12.3 Å². The third-order valence-corrected chi connectivity index (χ3v) is 5.12. The molecule has 0 bridgehead atoms. The van der Waals surface area contributed by atoms with Crippen LogP contribution in [0.15, 0.2) is 16.6 Å². The number of aliphatic imine (C=N–C) groups is 1. The van der Waals surface area contributed by atoms with E-state index in [1.807, 2.05) is 6.92 Å². The molecule has 0 aromatic carbocycles. The topological polar surface area (TPSA) is 66.7 Å². The Labute approximate surface area is 130 Å². The normalized spacial score (nSPS) is 27.4. The number of ketones is 1. The van der Waals surface area contributed by atoms with Gasteiger partial charge in [-0.15, -0.1) is 11.6 Å². The number of allylic oxidation sites excluding steroid dienone is 1. The Bertz CT molecular complexity index is 492. The van der Waals surface area contributed by atoms with Crippen LogP contribution in [0, 0.1) is 5.41 Å². The number of carbonyl (C=O) groups excluding carboxylic acids is 1. The highest BCUT2D eigenvalue weighted by atomic mass is 35.5. The summed E-state index contributed by atoms with van der Waals surface area (Å²) < 4.78 is 0. The number of carboxylic acid groups (broad SMARTS) is 1. The molecule has 1 saturated carbocycles. The van der Waals surface area contributed by atoms with Gasteiger partial charge in [-0.1, -0.05) is 19.3 Å². The fraction of sp³-hybridized carbons (Fsp3) is 0.688. The van der Waals surface area contributed by atoms with Crippen molar-refractivity contribution in [1.29, 1.82) is 0 Å². The molecule has 0 aromatic rings. The minimum absolute atomic E-state index is 0.000488. The molecule has 0 spiro atoms. The van der Waals surface area contributed by atoms with E-state index in [4.69, 9.17) is 11.6 Å². The van der Waals surface area contributed by atoms with Gasteiger partial charge in [-0.3, -0.25) is 14.6 Å². The fourth-order valence-electron chi connectivity index (χ4n) is 3.46. The first-order chi connectivity index (χ1) is 9.95. The van der Waals surface area contributed by atoms with E-state index in [1.165, 1.54) is 0 Å². The van der Waals surface area contributed by atoms with Gasteiger partial charge < -0.3 is 5.11 Å². The molecule has 1 aliphatic carbocycles. The summed E-state index contributed by atoms with van der Waals surface area (Å²) in [4.78, 5) is 28.4. The van der Waals surface area contributed by atoms with Crippen LogP contribution in [0.2, 0.25) is 0 Å². The van der Waals surface area contributed by atoms with Crippen LogP contribution >= 0.6 is 11.6 Å². The number of aliphatic carboxylic acids is 1. The second-order valence-electron chi connectivity index (χ2n) is 6.17. The van der Waals surface area contributed by atoms with E-state index in [-0.39, 0.29) is 5.78 Å². The van der Waals surface area contributed by atoms with Crippen molar-refractivity contribution in [1.82, 2.24) is 0 Å². The quantitative estimate of drug-likeness (QED) is 0.765. The number of alkyl halides is 1. The first kappa shape index (κ1) is 16.2. The number of halogens is 1. The van der Waals surface area contributed by atoms with Crippen molar-refractivity contribution in [3.8, 4) is 0 Å². The fourth-order valence-corrected chi connectivity index (χ4v) is 3.59. The van der Waals surface area contributed by atoms with E-state index in [2.05, 4.69) is 4.99 Å². The largest absolute Gasteiger partial charge is 0.481 e. The molecular formula is C16H22ClNO3. The van der Waals surface area contributed by atoms with Gasteiger partial charge >= 0.3 is 5.97 Å². The molecule has 1 N–H and O–H groups in total. The van der Waals surface area contributed by atoms with Gasteiger partial charge in [0, 0.05) is 24.1 Å². The maximum atomic E-state index is 12.1. The third-order valence-electron chi connectivity index (χ3n) is 4.85. The highest BCUT2D eigenvalue weighted by molar-refractivity contribution is 6.18. The van der Waals surface area contributed by atoms with Crippen molar-refractivity contribution in [2.45, 2.75) is 57.4 Å². The molecule has 1 heterocycles. The molecule has 1 atom stereocenters. The minimum Gasteiger partial charge on any atom is -0.481 e. The predicted molar refractivity (Wildman–Crippen MR) is 83.1 cm³/mol. The first-order valence-corrected chi connectivity index (χ1v) is 8.09. The number of rotatable bonds is 6. The minimum atomic E-state index is -0.879. The van der Waals surface area contributed by atoms with Gasteiger partial charge in [-0.05, 0) is 32.3 Å². The van der Waals surface area contributed by atoms with Crippen LogP contribution in [-0.4, -0.2) is 34.5 Å². The van der Waals surface area contributed by atoms with E-state index < -0.39 is 16.9 Å². The first-order valence-electron chi connectivity index (χ1n) is 7.56. The summed E-state index contributed by atoms with van der Waals surface area (Å²) in [6.07, 6.45) is 8.45. The average Bonchev–Trinajstić information content (AvgIpc) is 2.89. The molecule has 2 rings (SSSR count). The third kappa shape index (κ3) is 2.91. The second-order valence-corrected chi connectivity index (χ2v) is 6.55. The van der Waals surface area contributed by atoms with Crippen molar-refractivity contribution < 1.29 is 14.7 Å². The predicted octanol–water partition coefficient (Wildman–Crippen LogP) is 3.38. The highest BCUT2D eigenvalue weighted by Crippen LogP contribution is 2.49. The van der Waals surface area contributed by atoms with Gasteiger partial charge in [-0.25, -0.2) is 0 Å². The number of hydrogen-bond acceptors (Lipinski definition) is 3. The SMILES string of the molecule is CC1(C2(C(=O)O)CCCCC2)C=C(C(=O)CCCCl)C=N1. The molecule has 5 heteroatoms. The zero-order valence-corrected chi connectivity index (χ0v) is 13.2. The van der Waals surface area contributed by atoms with Crippen molar-refractivity contribution >= 4 is 29.6 Å². The average molecular weight is 312 g/mol. The Morgan fingerprint density at radius 3 is 2.57 bits per heavy atom. The maximum Gasteiger partial charge on any atom is 0.312 e. The highest BCUT2D eigenvalue weighted by Gasteiger charge is 2.54. The van der Waals surface area contributed by atoms with Crippen LogP contribution in [0.1, 0.15) is 51.9 Å². The summed E-state index contributed by atoms with van der Waals surface area (Å²) in [5.74, 6) is -0.348. The molecular weight excluding hydrogens is 290 g/mol. The summed E-state index contributed by atoms with van der Waals surface area (Å²) in [5.41, 5.74) is -1.16. The Morgan fingerprint density at radius 1 is 1.33 bits per heavy atom. The second kappa shape index (κ2) is 6.30. The van der Waals surface area contributed by atoms with Crippen LogP contribution in [0.5, 0.6) is 0 Å². The molecule has 116 valence electrons. The molecule has 0 saturated heterocycles. The van der Waals surface area contributed by atoms with E-state index in [0.717, 1.165) is 19.3 Å². The van der Waals surface area contributed by atoms with Gasteiger partial charge in [0.25, 0.3) is 0 Å². The summed E-state index contributed by atoms with van der Waals surface area (Å²) in [5, 5.41) is 9.78. The number of nitrogens with zero attached hydrogens (tertiary/aromatic N) is 1. The Hall–Kier alpha value is -1.16. The smallest absolute Gasteiger partial charge is 0.312 e. The number of carbonyl (C=O) groups is 2. The summed E-state index contributed by atoms with van der Waals surface area (Å²) in [6, 6.07) is 0. The number of carboxylic acids is 1. The van der Waals surface area contributed by atoms with E-state index in [0.29, 0.717) is 37.1 Å². The van der Waals surface area contributed by atoms with Crippen LogP contribution in [-0.2, 0) is 9.59 Å².